The molecule has 0 spiro atoms. The summed E-state index contributed by atoms with van der Waals surface area (Å²) in [6.45, 7) is 9.96. The molecule has 1 heterocycles. The molecule has 0 aromatic carbocycles. The number of hydrogen-bond acceptors (Lipinski definition) is 3. The molecule has 3 atom stereocenters. The van der Waals surface area contributed by atoms with Gasteiger partial charge in [-0.15, -0.1) is 0 Å². The van der Waals surface area contributed by atoms with Gasteiger partial charge in [0.05, 0.1) is 5.25 Å². The molecule has 1 aliphatic rings. The van der Waals surface area contributed by atoms with Crippen LogP contribution in [0.15, 0.2) is 0 Å². The Morgan fingerprint density at radius 1 is 1.35 bits per heavy atom. The van der Waals surface area contributed by atoms with Crippen molar-refractivity contribution in [3.05, 3.63) is 0 Å². The normalized spacial score (nSPS) is 29.2. The van der Waals surface area contributed by atoms with Crippen molar-refractivity contribution in [2.24, 2.45) is 5.92 Å². The lowest BCUT2D eigenvalue weighted by molar-refractivity contribution is 0.216. The van der Waals surface area contributed by atoms with Crippen LogP contribution in [0.2, 0.25) is 0 Å². The van der Waals surface area contributed by atoms with Gasteiger partial charge in [0, 0.05) is 19.1 Å². The lowest BCUT2D eigenvalue weighted by Gasteiger charge is -2.37. The molecule has 1 fully saturated rings. The van der Waals surface area contributed by atoms with Gasteiger partial charge in [0.1, 0.15) is 0 Å². The van der Waals surface area contributed by atoms with E-state index in [-0.39, 0.29) is 11.3 Å². The summed E-state index contributed by atoms with van der Waals surface area (Å²) >= 11 is 0. The number of hydrogen-bond donors (Lipinski definition) is 1. The van der Waals surface area contributed by atoms with Gasteiger partial charge in [0.2, 0.25) is 10.0 Å². The van der Waals surface area contributed by atoms with E-state index in [4.69, 9.17) is 0 Å². The van der Waals surface area contributed by atoms with Crippen molar-refractivity contribution in [1.82, 2.24) is 9.62 Å². The smallest absolute Gasteiger partial charge is 0.218 e. The van der Waals surface area contributed by atoms with Crippen molar-refractivity contribution in [1.29, 1.82) is 0 Å². The van der Waals surface area contributed by atoms with E-state index in [1.54, 1.807) is 11.2 Å². The van der Waals surface area contributed by atoms with Crippen LogP contribution < -0.4 is 5.32 Å². The third-order valence-corrected chi connectivity index (χ3v) is 5.92. The van der Waals surface area contributed by atoms with E-state index in [2.05, 4.69) is 12.2 Å². The average Bonchev–Trinajstić information content (AvgIpc) is 2.28. The van der Waals surface area contributed by atoms with Gasteiger partial charge in [0.25, 0.3) is 0 Å². The lowest BCUT2D eigenvalue weighted by atomic mass is 9.97. The summed E-state index contributed by atoms with van der Waals surface area (Å²) in [7, 11) is -3.15. The summed E-state index contributed by atoms with van der Waals surface area (Å²) in [4.78, 5) is 0. The number of rotatable bonds is 5. The minimum absolute atomic E-state index is 0.153. The van der Waals surface area contributed by atoms with Gasteiger partial charge in [-0.05, 0) is 39.2 Å². The van der Waals surface area contributed by atoms with Crippen molar-refractivity contribution in [3.63, 3.8) is 0 Å². The molecule has 0 aliphatic carbocycles. The van der Waals surface area contributed by atoms with Gasteiger partial charge in [0.15, 0.2) is 0 Å². The summed E-state index contributed by atoms with van der Waals surface area (Å²) in [5, 5.41) is 2.78. The number of nitrogens with one attached hydrogen (secondary N) is 1. The lowest BCUT2D eigenvalue weighted by Crippen LogP contribution is -2.49. The van der Waals surface area contributed by atoms with Crippen LogP contribution in [0, 0.1) is 5.92 Å². The van der Waals surface area contributed by atoms with Crippen LogP contribution in [-0.4, -0.2) is 43.6 Å². The molecule has 102 valence electrons. The van der Waals surface area contributed by atoms with E-state index in [9.17, 15) is 8.42 Å². The first-order valence-electron chi connectivity index (χ1n) is 6.61. The highest BCUT2D eigenvalue weighted by Gasteiger charge is 2.35. The van der Waals surface area contributed by atoms with E-state index in [1.165, 1.54) is 0 Å². The standard InChI is InChI=1S/C12H26N2O2S/c1-5-13-8-12(4)17(15,16)14-9-10(2)6-7-11(14)3/h10-13H,5-9H2,1-4H3. The fourth-order valence-electron chi connectivity index (χ4n) is 2.29. The Bertz CT molecular complexity index is 329. The first-order valence-corrected chi connectivity index (χ1v) is 8.11. The van der Waals surface area contributed by atoms with Crippen molar-refractivity contribution in [2.75, 3.05) is 19.6 Å². The fourth-order valence-corrected chi connectivity index (χ4v) is 4.15. The fraction of sp³-hybridized carbons (Fsp3) is 1.00. The van der Waals surface area contributed by atoms with Gasteiger partial charge in [-0.1, -0.05) is 13.8 Å². The molecule has 0 saturated carbocycles. The van der Waals surface area contributed by atoms with Crippen LogP contribution in [0.25, 0.3) is 0 Å². The Kier molecular flexibility index (Phi) is 5.41. The van der Waals surface area contributed by atoms with Crippen molar-refractivity contribution < 1.29 is 8.42 Å². The van der Waals surface area contributed by atoms with Crippen molar-refractivity contribution in [3.8, 4) is 0 Å². The Hall–Kier alpha value is -0.130. The minimum atomic E-state index is -3.15. The third-order valence-electron chi connectivity index (χ3n) is 3.58. The number of piperidine rings is 1. The maximum atomic E-state index is 12.4. The summed E-state index contributed by atoms with van der Waals surface area (Å²) in [5.74, 6) is 0.479. The second-order valence-corrected chi connectivity index (χ2v) is 7.57. The number of nitrogens with zero attached hydrogens (tertiary/aromatic N) is 1. The highest BCUT2D eigenvalue weighted by Crippen LogP contribution is 2.25. The molecule has 1 N–H and O–H groups in total. The van der Waals surface area contributed by atoms with E-state index < -0.39 is 10.0 Å². The molecule has 0 aromatic rings. The maximum Gasteiger partial charge on any atom is 0.218 e. The molecule has 1 rings (SSSR count). The first-order chi connectivity index (χ1) is 7.89. The minimum Gasteiger partial charge on any atom is -0.316 e. The zero-order chi connectivity index (χ0) is 13.1. The van der Waals surface area contributed by atoms with Gasteiger partial charge < -0.3 is 5.32 Å². The second-order valence-electron chi connectivity index (χ2n) is 5.26. The van der Waals surface area contributed by atoms with E-state index in [1.807, 2.05) is 13.8 Å². The maximum absolute atomic E-state index is 12.4. The largest absolute Gasteiger partial charge is 0.316 e. The van der Waals surface area contributed by atoms with E-state index in [0.717, 1.165) is 19.4 Å². The average molecular weight is 262 g/mol. The Labute approximate surface area is 106 Å². The molecule has 3 unspecified atom stereocenters. The highest BCUT2D eigenvalue weighted by molar-refractivity contribution is 7.89. The summed E-state index contributed by atoms with van der Waals surface area (Å²) < 4.78 is 26.6. The van der Waals surface area contributed by atoms with Gasteiger partial charge >= 0.3 is 0 Å². The predicted octanol–water partition coefficient (Wildman–Crippen LogP) is 1.43. The summed E-state index contributed by atoms with van der Waals surface area (Å²) in [6, 6.07) is 0.153. The molecule has 0 bridgehead atoms. The van der Waals surface area contributed by atoms with Crippen LogP contribution in [-0.2, 0) is 10.0 Å². The van der Waals surface area contributed by atoms with E-state index in [0.29, 0.717) is 19.0 Å². The van der Waals surface area contributed by atoms with Crippen LogP contribution in [0.3, 0.4) is 0 Å². The zero-order valence-corrected chi connectivity index (χ0v) is 12.3. The Morgan fingerprint density at radius 2 is 2.00 bits per heavy atom. The molecular weight excluding hydrogens is 236 g/mol. The van der Waals surface area contributed by atoms with Gasteiger partial charge in [-0.25, -0.2) is 8.42 Å². The SMILES string of the molecule is CCNCC(C)S(=O)(=O)N1CC(C)CCC1C. The molecule has 1 aliphatic heterocycles. The van der Waals surface area contributed by atoms with Crippen LogP contribution >= 0.6 is 0 Å². The molecule has 1 saturated heterocycles. The highest BCUT2D eigenvalue weighted by atomic mass is 32.2. The molecule has 0 amide bonds. The second kappa shape index (κ2) is 6.16. The molecule has 17 heavy (non-hydrogen) atoms. The quantitative estimate of drug-likeness (QED) is 0.815. The van der Waals surface area contributed by atoms with Crippen molar-refractivity contribution >= 4 is 10.0 Å². The Balaban J connectivity index is 2.73. The first kappa shape index (κ1) is 14.9. The summed E-state index contributed by atoms with van der Waals surface area (Å²) in [5.41, 5.74) is 0. The van der Waals surface area contributed by atoms with Gasteiger partial charge in [-0.2, -0.15) is 4.31 Å². The van der Waals surface area contributed by atoms with Crippen LogP contribution in [0.1, 0.15) is 40.5 Å². The zero-order valence-electron chi connectivity index (χ0n) is 11.4. The third kappa shape index (κ3) is 3.66. The van der Waals surface area contributed by atoms with Gasteiger partial charge in [-0.3, -0.25) is 0 Å². The molecular formula is C12H26N2O2S. The predicted molar refractivity (Wildman–Crippen MR) is 71.5 cm³/mol. The summed E-state index contributed by atoms with van der Waals surface area (Å²) in [6.07, 6.45) is 2.11. The van der Waals surface area contributed by atoms with Crippen LogP contribution in [0.5, 0.6) is 0 Å². The van der Waals surface area contributed by atoms with Crippen molar-refractivity contribution in [2.45, 2.75) is 51.8 Å². The van der Waals surface area contributed by atoms with Crippen LogP contribution in [0.4, 0.5) is 0 Å². The monoisotopic (exact) mass is 262 g/mol. The number of sulfonamides is 1. The molecule has 4 nitrogen and oxygen atoms in total. The van der Waals surface area contributed by atoms with E-state index >= 15 is 0 Å². The molecule has 0 radical (unpaired) electrons. The molecule has 0 aromatic heterocycles. The molecule has 5 heteroatoms. The Morgan fingerprint density at radius 3 is 2.59 bits per heavy atom. The topological polar surface area (TPSA) is 49.4 Å².